The summed E-state index contributed by atoms with van der Waals surface area (Å²) in [6.45, 7) is 1.98. The Morgan fingerprint density at radius 1 is 0.840 bits per heavy atom. The molecule has 2 N–H and O–H groups in total. The highest BCUT2D eigenvalue weighted by Gasteiger charge is 2.29. The number of aryl methyl sites for hydroxylation is 1. The number of rotatable bonds is 4. The molecule has 0 saturated carbocycles. The molecule has 2 aromatic carbocycles. The molecule has 128 valence electrons. The van der Waals surface area contributed by atoms with Gasteiger partial charge in [0, 0.05) is 11.4 Å². The lowest BCUT2D eigenvalue weighted by Gasteiger charge is -2.10. The van der Waals surface area contributed by atoms with Gasteiger partial charge in [0.25, 0.3) is 0 Å². The van der Waals surface area contributed by atoms with E-state index in [1.165, 1.54) is 18.3 Å². The Bertz CT molecular complexity index is 845. The number of nitrogens with zero attached hydrogens (tertiary/aromatic N) is 3. The maximum absolute atomic E-state index is 12.6. The molecule has 3 rings (SSSR count). The van der Waals surface area contributed by atoms with Crippen molar-refractivity contribution in [1.29, 1.82) is 0 Å². The molecule has 5 nitrogen and oxygen atoms in total. The van der Waals surface area contributed by atoms with E-state index in [1.54, 1.807) is 0 Å². The summed E-state index contributed by atoms with van der Waals surface area (Å²) in [5.41, 5.74) is 1.69. The summed E-state index contributed by atoms with van der Waals surface area (Å²) in [7, 11) is 0. The molecule has 0 radical (unpaired) electrons. The standard InChI is InChI=1S/C17H14F3N5/c1-11-2-6-14(7-3-11)23-16-24-15(10-21-25-16)22-13-8-4-12(5-9-13)17(18,19)20/h2-10H,1H3,(H2,22,23,24,25). The number of hydrogen-bond donors (Lipinski definition) is 2. The molecule has 0 saturated heterocycles. The zero-order valence-electron chi connectivity index (χ0n) is 13.2. The lowest BCUT2D eigenvalue weighted by atomic mass is 10.2. The van der Waals surface area contributed by atoms with Crippen LogP contribution in [0.2, 0.25) is 0 Å². The lowest BCUT2D eigenvalue weighted by Crippen LogP contribution is -2.05. The van der Waals surface area contributed by atoms with Crippen LogP contribution in [0.1, 0.15) is 11.1 Å². The van der Waals surface area contributed by atoms with E-state index in [0.29, 0.717) is 11.5 Å². The molecular formula is C17H14F3N5. The minimum absolute atomic E-state index is 0.278. The van der Waals surface area contributed by atoms with E-state index in [2.05, 4.69) is 25.8 Å². The van der Waals surface area contributed by atoms with E-state index in [9.17, 15) is 13.2 Å². The van der Waals surface area contributed by atoms with Gasteiger partial charge in [-0.05, 0) is 43.3 Å². The van der Waals surface area contributed by atoms with Gasteiger partial charge in [-0.2, -0.15) is 23.3 Å². The molecule has 0 amide bonds. The fourth-order valence-corrected chi connectivity index (χ4v) is 2.07. The molecule has 0 atom stereocenters. The molecule has 0 aliphatic rings. The molecule has 0 bridgehead atoms. The number of nitrogens with one attached hydrogen (secondary N) is 2. The van der Waals surface area contributed by atoms with Gasteiger partial charge < -0.3 is 10.6 Å². The Morgan fingerprint density at radius 2 is 1.44 bits per heavy atom. The van der Waals surface area contributed by atoms with Crippen molar-refractivity contribution in [2.75, 3.05) is 10.6 Å². The average molecular weight is 345 g/mol. The van der Waals surface area contributed by atoms with E-state index >= 15 is 0 Å². The van der Waals surface area contributed by atoms with Crippen LogP contribution in [0.4, 0.5) is 36.3 Å². The fourth-order valence-electron chi connectivity index (χ4n) is 2.07. The summed E-state index contributed by atoms with van der Waals surface area (Å²) in [6, 6.07) is 12.3. The van der Waals surface area contributed by atoms with Crippen molar-refractivity contribution >= 4 is 23.1 Å². The Morgan fingerprint density at radius 3 is 2.08 bits per heavy atom. The molecule has 1 aromatic heterocycles. The number of halogens is 3. The van der Waals surface area contributed by atoms with Crippen LogP contribution in [-0.2, 0) is 6.18 Å². The normalized spacial score (nSPS) is 11.2. The molecule has 1 heterocycles. The van der Waals surface area contributed by atoms with Gasteiger partial charge in [-0.15, -0.1) is 5.10 Å². The summed E-state index contributed by atoms with van der Waals surface area (Å²) in [5, 5.41) is 13.6. The second-order valence-corrected chi connectivity index (χ2v) is 5.36. The molecular weight excluding hydrogens is 331 g/mol. The van der Waals surface area contributed by atoms with Crippen molar-refractivity contribution in [2.24, 2.45) is 0 Å². The van der Waals surface area contributed by atoms with Crippen LogP contribution in [0.15, 0.2) is 54.7 Å². The highest BCUT2D eigenvalue weighted by atomic mass is 19.4. The van der Waals surface area contributed by atoms with E-state index < -0.39 is 11.7 Å². The monoisotopic (exact) mass is 345 g/mol. The lowest BCUT2D eigenvalue weighted by molar-refractivity contribution is -0.137. The number of hydrogen-bond acceptors (Lipinski definition) is 5. The van der Waals surface area contributed by atoms with Gasteiger partial charge in [0.2, 0.25) is 5.95 Å². The summed E-state index contributed by atoms with van der Waals surface area (Å²) in [5.74, 6) is 0.644. The number of benzene rings is 2. The van der Waals surface area contributed by atoms with E-state index in [0.717, 1.165) is 23.4 Å². The van der Waals surface area contributed by atoms with Gasteiger partial charge >= 0.3 is 6.18 Å². The van der Waals surface area contributed by atoms with Gasteiger partial charge in [-0.25, -0.2) is 0 Å². The van der Waals surface area contributed by atoms with E-state index in [4.69, 9.17) is 0 Å². The van der Waals surface area contributed by atoms with Crippen molar-refractivity contribution in [1.82, 2.24) is 15.2 Å². The molecule has 0 unspecified atom stereocenters. The third-order valence-corrected chi connectivity index (χ3v) is 3.35. The molecule has 8 heteroatoms. The van der Waals surface area contributed by atoms with Crippen LogP contribution in [0.5, 0.6) is 0 Å². The zero-order valence-corrected chi connectivity index (χ0v) is 13.2. The largest absolute Gasteiger partial charge is 0.416 e. The highest BCUT2D eigenvalue weighted by molar-refractivity contribution is 5.59. The minimum Gasteiger partial charge on any atom is -0.339 e. The van der Waals surface area contributed by atoms with Crippen LogP contribution in [0, 0.1) is 6.92 Å². The van der Waals surface area contributed by atoms with Crippen LogP contribution in [0.3, 0.4) is 0 Å². The van der Waals surface area contributed by atoms with Gasteiger partial charge in [-0.1, -0.05) is 17.7 Å². The first-order chi connectivity index (χ1) is 11.9. The summed E-state index contributed by atoms with van der Waals surface area (Å²) >= 11 is 0. The zero-order chi connectivity index (χ0) is 17.9. The maximum Gasteiger partial charge on any atom is 0.416 e. The summed E-state index contributed by atoms with van der Waals surface area (Å²) < 4.78 is 37.7. The van der Waals surface area contributed by atoms with Gasteiger partial charge in [0.15, 0.2) is 5.82 Å². The summed E-state index contributed by atoms with van der Waals surface area (Å²) in [6.07, 6.45) is -2.97. The Balaban J connectivity index is 1.72. The predicted octanol–water partition coefficient (Wildman–Crippen LogP) is 4.69. The first-order valence-corrected chi connectivity index (χ1v) is 7.38. The van der Waals surface area contributed by atoms with Crippen LogP contribution >= 0.6 is 0 Å². The van der Waals surface area contributed by atoms with Crippen molar-refractivity contribution in [2.45, 2.75) is 13.1 Å². The van der Waals surface area contributed by atoms with Crippen LogP contribution < -0.4 is 10.6 Å². The van der Waals surface area contributed by atoms with Crippen molar-refractivity contribution in [3.05, 3.63) is 65.9 Å². The molecule has 0 fully saturated rings. The van der Waals surface area contributed by atoms with E-state index in [-0.39, 0.29) is 5.95 Å². The van der Waals surface area contributed by atoms with Crippen molar-refractivity contribution in [3.63, 3.8) is 0 Å². The molecule has 0 aliphatic heterocycles. The van der Waals surface area contributed by atoms with E-state index in [1.807, 2.05) is 31.2 Å². The number of aromatic nitrogens is 3. The van der Waals surface area contributed by atoms with Gasteiger partial charge in [-0.3, -0.25) is 0 Å². The van der Waals surface area contributed by atoms with Crippen molar-refractivity contribution < 1.29 is 13.2 Å². The predicted molar refractivity (Wildman–Crippen MR) is 89.0 cm³/mol. The second-order valence-electron chi connectivity index (χ2n) is 5.36. The third kappa shape index (κ3) is 4.43. The average Bonchev–Trinajstić information content (AvgIpc) is 2.57. The Hall–Kier alpha value is -3.16. The quantitative estimate of drug-likeness (QED) is 0.718. The van der Waals surface area contributed by atoms with Gasteiger partial charge in [0.1, 0.15) is 0 Å². The van der Waals surface area contributed by atoms with Crippen LogP contribution in [0.25, 0.3) is 0 Å². The van der Waals surface area contributed by atoms with Crippen molar-refractivity contribution in [3.8, 4) is 0 Å². The third-order valence-electron chi connectivity index (χ3n) is 3.35. The Kier molecular flexibility index (Phi) is 4.51. The first kappa shape index (κ1) is 16.7. The minimum atomic E-state index is -4.36. The smallest absolute Gasteiger partial charge is 0.339 e. The SMILES string of the molecule is Cc1ccc(Nc2nncc(Nc3ccc(C(F)(F)F)cc3)n2)cc1. The molecule has 25 heavy (non-hydrogen) atoms. The number of anilines is 4. The number of alkyl halides is 3. The first-order valence-electron chi connectivity index (χ1n) is 7.38. The van der Waals surface area contributed by atoms with Gasteiger partial charge in [0.05, 0.1) is 11.8 Å². The van der Waals surface area contributed by atoms with Crippen LogP contribution in [-0.4, -0.2) is 15.2 Å². The molecule has 3 aromatic rings. The topological polar surface area (TPSA) is 62.7 Å². The molecule has 0 aliphatic carbocycles. The highest BCUT2D eigenvalue weighted by Crippen LogP contribution is 2.30. The summed E-state index contributed by atoms with van der Waals surface area (Å²) in [4.78, 5) is 4.24. The Labute approximate surface area is 141 Å². The maximum atomic E-state index is 12.6. The fraction of sp³-hybridized carbons (Fsp3) is 0.118. The second kappa shape index (κ2) is 6.76. The molecule has 0 spiro atoms.